The van der Waals surface area contributed by atoms with Gasteiger partial charge in [-0.3, -0.25) is 9.69 Å². The van der Waals surface area contributed by atoms with Gasteiger partial charge in [0.15, 0.2) is 0 Å². The van der Waals surface area contributed by atoms with E-state index in [9.17, 15) is 4.79 Å². The number of carbonyl (C=O) groups is 1. The van der Waals surface area contributed by atoms with E-state index in [4.69, 9.17) is 17.2 Å². The molecule has 7 heteroatoms. The molecule has 0 aromatic heterocycles. The molecule has 3 rings (SSSR count). The van der Waals surface area contributed by atoms with Crippen molar-refractivity contribution in [2.24, 2.45) is 27.2 Å². The zero-order chi connectivity index (χ0) is 16.4. The molecule has 0 atom stereocenters. The van der Waals surface area contributed by atoms with Crippen molar-refractivity contribution in [3.05, 3.63) is 29.8 Å². The van der Waals surface area contributed by atoms with Gasteiger partial charge in [0, 0.05) is 5.69 Å². The molecule has 2 aliphatic rings. The van der Waals surface area contributed by atoms with Crippen LogP contribution in [0.5, 0.6) is 0 Å². The van der Waals surface area contributed by atoms with Gasteiger partial charge in [-0.2, -0.15) is 4.99 Å². The van der Waals surface area contributed by atoms with Crippen molar-refractivity contribution >= 4 is 23.5 Å². The third-order valence-electron chi connectivity index (χ3n) is 4.42. The Morgan fingerprint density at radius 2 is 1.78 bits per heavy atom. The van der Waals surface area contributed by atoms with Crippen molar-refractivity contribution in [2.75, 3.05) is 4.90 Å². The average Bonchev–Trinajstić information content (AvgIpc) is 2.48. The number of amides is 1. The molecule has 1 heterocycles. The standard InChI is InChI=1S/C16H22N6O/c17-13(23)10-11-4-6-12(7-5-11)22-15(19)20-14(18)21-16(22)8-2-1-3-9-16/h4-7H,1-3,8-10H2,(H2,17,23)(H4,18,19,20,21). The average molecular weight is 314 g/mol. The summed E-state index contributed by atoms with van der Waals surface area (Å²) in [6, 6.07) is 7.61. The predicted octanol–water partition coefficient (Wildman–Crippen LogP) is 0.824. The highest BCUT2D eigenvalue weighted by atomic mass is 16.1. The summed E-state index contributed by atoms with van der Waals surface area (Å²) in [5, 5.41) is 0. The van der Waals surface area contributed by atoms with Crippen molar-refractivity contribution in [1.82, 2.24) is 0 Å². The number of carbonyl (C=O) groups excluding carboxylic acids is 1. The number of primary amides is 1. The van der Waals surface area contributed by atoms with Gasteiger partial charge in [0.1, 0.15) is 5.66 Å². The number of nitrogens with two attached hydrogens (primary N) is 3. The molecule has 1 aliphatic carbocycles. The summed E-state index contributed by atoms with van der Waals surface area (Å²) in [5.41, 5.74) is 18.6. The molecule has 0 saturated heterocycles. The van der Waals surface area contributed by atoms with E-state index in [2.05, 4.69) is 9.98 Å². The minimum Gasteiger partial charge on any atom is -0.369 e. The Balaban J connectivity index is 1.95. The number of rotatable bonds is 3. The molecule has 1 saturated carbocycles. The van der Waals surface area contributed by atoms with E-state index in [1.54, 1.807) is 0 Å². The first kappa shape index (κ1) is 15.3. The fourth-order valence-corrected chi connectivity index (χ4v) is 3.46. The van der Waals surface area contributed by atoms with E-state index in [1.165, 1.54) is 6.42 Å². The number of anilines is 1. The minimum absolute atomic E-state index is 0.222. The lowest BCUT2D eigenvalue weighted by atomic mass is 9.87. The Bertz CT molecular complexity index is 658. The fraction of sp³-hybridized carbons (Fsp3) is 0.438. The molecule has 23 heavy (non-hydrogen) atoms. The first-order valence-electron chi connectivity index (χ1n) is 7.87. The van der Waals surface area contributed by atoms with Crippen LogP contribution in [0.2, 0.25) is 0 Å². The molecule has 1 aromatic carbocycles. The van der Waals surface area contributed by atoms with E-state index in [0.29, 0.717) is 5.96 Å². The summed E-state index contributed by atoms with van der Waals surface area (Å²) in [7, 11) is 0. The highest BCUT2D eigenvalue weighted by molar-refractivity contribution is 6.05. The molecular formula is C16H22N6O. The van der Waals surface area contributed by atoms with E-state index in [-0.39, 0.29) is 18.3 Å². The second kappa shape index (κ2) is 5.91. The largest absolute Gasteiger partial charge is 0.369 e. The Hall–Kier alpha value is -2.57. The van der Waals surface area contributed by atoms with Crippen LogP contribution < -0.4 is 22.1 Å². The first-order valence-corrected chi connectivity index (χ1v) is 7.87. The fourth-order valence-electron chi connectivity index (χ4n) is 3.46. The Morgan fingerprint density at radius 3 is 2.39 bits per heavy atom. The smallest absolute Gasteiger partial charge is 0.221 e. The van der Waals surface area contributed by atoms with Gasteiger partial charge in [-0.15, -0.1) is 0 Å². The summed E-state index contributed by atoms with van der Waals surface area (Å²) < 4.78 is 0. The van der Waals surface area contributed by atoms with Crippen molar-refractivity contribution in [1.29, 1.82) is 0 Å². The first-order chi connectivity index (χ1) is 11.0. The molecule has 1 spiro atoms. The van der Waals surface area contributed by atoms with Gasteiger partial charge < -0.3 is 17.2 Å². The van der Waals surface area contributed by atoms with E-state index < -0.39 is 5.66 Å². The molecular weight excluding hydrogens is 292 g/mol. The molecule has 122 valence electrons. The lowest BCUT2D eigenvalue weighted by Gasteiger charge is -2.45. The molecule has 0 bridgehead atoms. The van der Waals surface area contributed by atoms with Crippen molar-refractivity contribution in [3.8, 4) is 0 Å². The van der Waals surface area contributed by atoms with Crippen LogP contribution in [0.25, 0.3) is 0 Å². The van der Waals surface area contributed by atoms with Crippen molar-refractivity contribution in [2.45, 2.75) is 44.2 Å². The van der Waals surface area contributed by atoms with Crippen LogP contribution in [0, 0.1) is 0 Å². The number of hydrogen-bond donors (Lipinski definition) is 3. The highest BCUT2D eigenvalue weighted by Crippen LogP contribution is 2.39. The second-order valence-electron chi connectivity index (χ2n) is 6.13. The van der Waals surface area contributed by atoms with Gasteiger partial charge in [0.2, 0.25) is 17.8 Å². The number of benzene rings is 1. The van der Waals surface area contributed by atoms with E-state index in [0.717, 1.165) is 36.9 Å². The Labute approximate surface area is 135 Å². The molecule has 1 aliphatic heterocycles. The van der Waals surface area contributed by atoms with Crippen LogP contribution in [0.3, 0.4) is 0 Å². The molecule has 1 amide bonds. The van der Waals surface area contributed by atoms with Crippen LogP contribution in [-0.2, 0) is 11.2 Å². The van der Waals surface area contributed by atoms with E-state index >= 15 is 0 Å². The summed E-state index contributed by atoms with van der Waals surface area (Å²) in [5.74, 6) is 0.256. The van der Waals surface area contributed by atoms with Gasteiger partial charge in [-0.1, -0.05) is 18.6 Å². The summed E-state index contributed by atoms with van der Waals surface area (Å²) in [6.07, 6.45) is 5.38. The normalized spacial score (nSPS) is 20.1. The maximum absolute atomic E-state index is 11.0. The van der Waals surface area contributed by atoms with Gasteiger partial charge in [0.25, 0.3) is 0 Å². The Kier molecular flexibility index (Phi) is 3.94. The van der Waals surface area contributed by atoms with Gasteiger partial charge in [0.05, 0.1) is 6.42 Å². The maximum atomic E-state index is 11.0. The molecule has 6 N–H and O–H groups in total. The van der Waals surface area contributed by atoms with Gasteiger partial charge >= 0.3 is 0 Å². The minimum atomic E-state index is -0.445. The molecule has 0 unspecified atom stereocenters. The zero-order valence-electron chi connectivity index (χ0n) is 13.0. The van der Waals surface area contributed by atoms with Crippen LogP contribution >= 0.6 is 0 Å². The summed E-state index contributed by atoms with van der Waals surface area (Å²) >= 11 is 0. The van der Waals surface area contributed by atoms with Crippen LogP contribution in [0.4, 0.5) is 5.69 Å². The molecule has 1 aromatic rings. The second-order valence-corrected chi connectivity index (χ2v) is 6.13. The number of nitrogens with zero attached hydrogens (tertiary/aromatic N) is 3. The third kappa shape index (κ3) is 2.99. The molecule has 7 nitrogen and oxygen atoms in total. The number of guanidine groups is 2. The monoisotopic (exact) mass is 314 g/mol. The van der Waals surface area contributed by atoms with Crippen LogP contribution in [0.1, 0.15) is 37.7 Å². The van der Waals surface area contributed by atoms with Crippen LogP contribution in [-0.4, -0.2) is 23.5 Å². The Morgan fingerprint density at radius 1 is 1.13 bits per heavy atom. The quantitative estimate of drug-likeness (QED) is 0.764. The van der Waals surface area contributed by atoms with Gasteiger partial charge in [-0.05, 0) is 43.4 Å². The summed E-state index contributed by atoms with van der Waals surface area (Å²) in [4.78, 5) is 21.8. The lowest BCUT2D eigenvalue weighted by molar-refractivity contribution is -0.117. The third-order valence-corrected chi connectivity index (χ3v) is 4.42. The van der Waals surface area contributed by atoms with Gasteiger partial charge in [-0.25, -0.2) is 4.99 Å². The van der Waals surface area contributed by atoms with Crippen molar-refractivity contribution < 1.29 is 4.79 Å². The topological polar surface area (TPSA) is 123 Å². The van der Waals surface area contributed by atoms with E-state index in [1.807, 2.05) is 29.2 Å². The maximum Gasteiger partial charge on any atom is 0.221 e. The molecule has 1 fully saturated rings. The zero-order valence-corrected chi connectivity index (χ0v) is 13.0. The SMILES string of the molecule is NC(=O)Cc1ccc(N2C(N)=NC(N)=NC23CCCCC3)cc1. The van der Waals surface area contributed by atoms with Crippen molar-refractivity contribution in [3.63, 3.8) is 0 Å². The summed E-state index contributed by atoms with van der Waals surface area (Å²) in [6.45, 7) is 0. The predicted molar refractivity (Wildman–Crippen MR) is 90.9 cm³/mol. The lowest BCUT2D eigenvalue weighted by Crippen LogP contribution is -2.58. The number of aliphatic imine (C=N–C) groups is 2. The molecule has 0 radical (unpaired) electrons. The highest BCUT2D eigenvalue weighted by Gasteiger charge is 2.42. The number of hydrogen-bond acceptors (Lipinski definition) is 6. The van der Waals surface area contributed by atoms with Crippen LogP contribution in [0.15, 0.2) is 34.3 Å².